The van der Waals surface area contributed by atoms with Crippen molar-refractivity contribution in [2.24, 2.45) is 11.7 Å². The van der Waals surface area contributed by atoms with E-state index >= 15 is 0 Å². The number of amides is 1. The highest BCUT2D eigenvalue weighted by Gasteiger charge is 2.18. The first-order chi connectivity index (χ1) is 5.63. The molecule has 0 bridgehead atoms. The summed E-state index contributed by atoms with van der Waals surface area (Å²) < 4.78 is 0. The lowest BCUT2D eigenvalue weighted by molar-refractivity contribution is -0.121. The molecule has 0 spiro atoms. The second-order valence-corrected chi connectivity index (χ2v) is 2.55. The van der Waals surface area contributed by atoms with Gasteiger partial charge in [-0.05, 0) is 13.0 Å². The standard InChI is InChI=1S/C7H16N2O.C2H6/c1-4-5(2)6(9-3)7(8)10;1-2/h5-6,9H,4H2,1-3H3,(H2,8,10);1-2H3. The zero-order valence-corrected chi connectivity index (χ0v) is 8.85. The van der Waals surface area contributed by atoms with Gasteiger partial charge in [0.25, 0.3) is 0 Å². The molecule has 0 radical (unpaired) electrons. The van der Waals surface area contributed by atoms with Crippen LogP contribution in [0.5, 0.6) is 0 Å². The second-order valence-electron chi connectivity index (χ2n) is 2.55. The molecular formula is C9H22N2O. The van der Waals surface area contributed by atoms with Gasteiger partial charge in [-0.25, -0.2) is 0 Å². The van der Waals surface area contributed by atoms with Crippen molar-refractivity contribution in [2.75, 3.05) is 7.05 Å². The van der Waals surface area contributed by atoms with Gasteiger partial charge >= 0.3 is 0 Å². The highest BCUT2D eigenvalue weighted by molar-refractivity contribution is 5.80. The molecule has 3 N–H and O–H groups in total. The van der Waals surface area contributed by atoms with Crippen LogP contribution in [0.25, 0.3) is 0 Å². The van der Waals surface area contributed by atoms with Crippen molar-refractivity contribution in [2.45, 2.75) is 40.2 Å². The normalized spacial score (nSPS) is 14.1. The Morgan fingerprint density at radius 1 is 1.50 bits per heavy atom. The lowest BCUT2D eigenvalue weighted by Gasteiger charge is -2.18. The minimum absolute atomic E-state index is 0.176. The summed E-state index contributed by atoms with van der Waals surface area (Å²) in [5, 5.41) is 2.88. The first-order valence-corrected chi connectivity index (χ1v) is 4.60. The van der Waals surface area contributed by atoms with Gasteiger partial charge in [-0.15, -0.1) is 0 Å². The van der Waals surface area contributed by atoms with E-state index in [0.29, 0.717) is 5.92 Å². The molecule has 1 amide bonds. The number of hydrogen-bond donors (Lipinski definition) is 2. The maximum absolute atomic E-state index is 10.7. The molecule has 3 heteroatoms. The van der Waals surface area contributed by atoms with Crippen molar-refractivity contribution in [3.05, 3.63) is 0 Å². The van der Waals surface area contributed by atoms with Crippen LogP contribution in [0.15, 0.2) is 0 Å². The van der Waals surface area contributed by atoms with Crippen LogP contribution in [0.3, 0.4) is 0 Å². The van der Waals surface area contributed by atoms with Crippen LogP contribution in [0, 0.1) is 5.92 Å². The summed E-state index contributed by atoms with van der Waals surface area (Å²) in [5.41, 5.74) is 5.12. The van der Waals surface area contributed by atoms with Crippen LogP contribution in [-0.2, 0) is 4.79 Å². The van der Waals surface area contributed by atoms with Crippen molar-refractivity contribution in [1.82, 2.24) is 5.32 Å². The Balaban J connectivity index is 0. The molecule has 74 valence electrons. The summed E-state index contributed by atoms with van der Waals surface area (Å²) >= 11 is 0. The largest absolute Gasteiger partial charge is 0.368 e. The van der Waals surface area contributed by atoms with Gasteiger partial charge in [-0.1, -0.05) is 34.1 Å². The van der Waals surface area contributed by atoms with Gasteiger partial charge in [0, 0.05) is 0 Å². The van der Waals surface area contributed by atoms with E-state index in [-0.39, 0.29) is 11.9 Å². The summed E-state index contributed by atoms with van der Waals surface area (Å²) in [5.74, 6) is 0.0550. The Hall–Kier alpha value is -0.570. The SMILES string of the molecule is CC.CCC(C)C(NC)C(N)=O. The van der Waals surface area contributed by atoms with Crippen LogP contribution >= 0.6 is 0 Å². The number of rotatable bonds is 4. The third-order valence-corrected chi connectivity index (χ3v) is 1.83. The number of nitrogens with two attached hydrogens (primary N) is 1. The molecule has 2 atom stereocenters. The van der Waals surface area contributed by atoms with Gasteiger partial charge in [-0.3, -0.25) is 4.79 Å². The number of primary amides is 1. The molecule has 0 aliphatic rings. The van der Waals surface area contributed by atoms with Gasteiger partial charge in [-0.2, -0.15) is 0 Å². The average Bonchev–Trinajstić information content (AvgIpc) is 2.08. The van der Waals surface area contributed by atoms with Gasteiger partial charge in [0.1, 0.15) is 0 Å². The van der Waals surface area contributed by atoms with Crippen molar-refractivity contribution >= 4 is 5.91 Å². The molecule has 0 aliphatic heterocycles. The molecule has 0 saturated heterocycles. The summed E-state index contributed by atoms with van der Waals surface area (Å²) in [7, 11) is 1.75. The Bertz CT molecular complexity index is 115. The van der Waals surface area contributed by atoms with Crippen molar-refractivity contribution < 1.29 is 4.79 Å². The zero-order chi connectivity index (χ0) is 10.1. The molecule has 0 saturated carbocycles. The topological polar surface area (TPSA) is 55.1 Å². The number of carbonyl (C=O) groups excluding carboxylic acids is 1. The maximum atomic E-state index is 10.7. The fourth-order valence-corrected chi connectivity index (χ4v) is 0.943. The molecule has 0 rings (SSSR count). The quantitative estimate of drug-likeness (QED) is 0.671. The fourth-order valence-electron chi connectivity index (χ4n) is 0.943. The zero-order valence-electron chi connectivity index (χ0n) is 8.85. The third kappa shape index (κ3) is 5.13. The highest BCUT2D eigenvalue weighted by Crippen LogP contribution is 2.05. The van der Waals surface area contributed by atoms with E-state index in [2.05, 4.69) is 5.32 Å². The molecule has 0 aromatic carbocycles. The molecule has 0 heterocycles. The molecule has 2 unspecified atom stereocenters. The van der Waals surface area contributed by atoms with E-state index in [0.717, 1.165) is 6.42 Å². The Morgan fingerprint density at radius 2 is 1.92 bits per heavy atom. The lowest BCUT2D eigenvalue weighted by atomic mass is 9.99. The highest BCUT2D eigenvalue weighted by atomic mass is 16.1. The third-order valence-electron chi connectivity index (χ3n) is 1.83. The minimum Gasteiger partial charge on any atom is -0.368 e. The molecule has 0 aromatic rings. The van der Waals surface area contributed by atoms with E-state index in [4.69, 9.17) is 5.73 Å². The van der Waals surface area contributed by atoms with E-state index < -0.39 is 0 Å². The van der Waals surface area contributed by atoms with Crippen LogP contribution in [0.2, 0.25) is 0 Å². The monoisotopic (exact) mass is 174 g/mol. The average molecular weight is 174 g/mol. The molecule has 0 aliphatic carbocycles. The Morgan fingerprint density at radius 3 is 2.00 bits per heavy atom. The Labute approximate surface area is 75.7 Å². The second kappa shape index (κ2) is 8.53. The number of likely N-dealkylation sites (N-methyl/N-ethyl adjacent to an activating group) is 1. The van der Waals surface area contributed by atoms with E-state index in [1.54, 1.807) is 7.05 Å². The number of carbonyl (C=O) groups is 1. The lowest BCUT2D eigenvalue weighted by Crippen LogP contribution is -2.43. The van der Waals surface area contributed by atoms with Gasteiger partial charge in [0.15, 0.2) is 0 Å². The van der Waals surface area contributed by atoms with Crippen LogP contribution in [0.1, 0.15) is 34.1 Å². The van der Waals surface area contributed by atoms with Gasteiger partial charge in [0.2, 0.25) is 5.91 Å². The van der Waals surface area contributed by atoms with Crippen LogP contribution in [0.4, 0.5) is 0 Å². The van der Waals surface area contributed by atoms with E-state index in [9.17, 15) is 4.79 Å². The first-order valence-electron chi connectivity index (χ1n) is 4.60. The van der Waals surface area contributed by atoms with Crippen molar-refractivity contribution in [1.29, 1.82) is 0 Å². The summed E-state index contributed by atoms with van der Waals surface area (Å²) in [6.45, 7) is 8.05. The van der Waals surface area contributed by atoms with E-state index in [1.165, 1.54) is 0 Å². The molecule has 0 fully saturated rings. The Kier molecular flexibility index (Phi) is 9.93. The van der Waals surface area contributed by atoms with Gasteiger partial charge in [0.05, 0.1) is 6.04 Å². The maximum Gasteiger partial charge on any atom is 0.234 e. The fraction of sp³-hybridized carbons (Fsp3) is 0.889. The molecule has 3 nitrogen and oxygen atoms in total. The molecule has 12 heavy (non-hydrogen) atoms. The first kappa shape index (κ1) is 14.0. The van der Waals surface area contributed by atoms with Crippen LogP contribution in [-0.4, -0.2) is 19.0 Å². The smallest absolute Gasteiger partial charge is 0.234 e. The van der Waals surface area contributed by atoms with Crippen LogP contribution < -0.4 is 11.1 Å². The summed E-state index contributed by atoms with van der Waals surface area (Å²) in [6.07, 6.45) is 0.967. The predicted octanol–water partition coefficient (Wildman–Crippen LogP) is 1.13. The number of nitrogens with one attached hydrogen (secondary N) is 1. The van der Waals surface area contributed by atoms with Gasteiger partial charge < -0.3 is 11.1 Å². The van der Waals surface area contributed by atoms with Crippen molar-refractivity contribution in [3.63, 3.8) is 0 Å². The van der Waals surface area contributed by atoms with E-state index in [1.807, 2.05) is 27.7 Å². The molecule has 0 aromatic heterocycles. The minimum atomic E-state index is -0.267. The predicted molar refractivity (Wildman–Crippen MR) is 52.8 cm³/mol. The summed E-state index contributed by atoms with van der Waals surface area (Å²) in [6, 6.07) is -0.176. The molecular weight excluding hydrogens is 152 g/mol. The van der Waals surface area contributed by atoms with Crippen molar-refractivity contribution in [3.8, 4) is 0 Å². The summed E-state index contributed by atoms with van der Waals surface area (Å²) in [4.78, 5) is 10.7. The number of hydrogen-bond acceptors (Lipinski definition) is 2.